The molecule has 0 atom stereocenters. The molecule has 0 aliphatic carbocycles. The Morgan fingerprint density at radius 3 is 1.65 bits per heavy atom. The van der Waals surface area contributed by atoms with E-state index in [2.05, 4.69) is 158 Å². The highest BCUT2D eigenvalue weighted by Crippen LogP contribution is 2.39. The van der Waals surface area contributed by atoms with Crippen LogP contribution in [0.1, 0.15) is 0 Å². The molecular formula is C53H33N3O. The first kappa shape index (κ1) is 32.7. The van der Waals surface area contributed by atoms with E-state index in [1.54, 1.807) is 0 Å². The summed E-state index contributed by atoms with van der Waals surface area (Å²) in [5.41, 5.74) is 11.3. The molecule has 0 radical (unpaired) electrons. The zero-order valence-electron chi connectivity index (χ0n) is 30.8. The van der Waals surface area contributed by atoms with Crippen LogP contribution in [0, 0.1) is 0 Å². The molecule has 0 unspecified atom stereocenters. The summed E-state index contributed by atoms with van der Waals surface area (Å²) in [5.74, 6) is 1.82. The Kier molecular flexibility index (Phi) is 7.78. The van der Waals surface area contributed by atoms with Gasteiger partial charge in [-0.2, -0.15) is 0 Å². The van der Waals surface area contributed by atoms with Gasteiger partial charge in [0.25, 0.3) is 0 Å². The van der Waals surface area contributed by atoms with Crippen molar-refractivity contribution in [2.24, 2.45) is 0 Å². The van der Waals surface area contributed by atoms with Gasteiger partial charge in [0.1, 0.15) is 11.2 Å². The van der Waals surface area contributed by atoms with Crippen molar-refractivity contribution in [2.45, 2.75) is 0 Å². The van der Waals surface area contributed by atoms with E-state index < -0.39 is 0 Å². The van der Waals surface area contributed by atoms with Crippen LogP contribution in [0.3, 0.4) is 0 Å². The summed E-state index contributed by atoms with van der Waals surface area (Å²) in [5, 5.41) is 6.82. The number of aromatic nitrogens is 3. The van der Waals surface area contributed by atoms with Gasteiger partial charge in [0, 0.05) is 27.5 Å². The highest BCUT2D eigenvalue weighted by Gasteiger charge is 2.18. The van der Waals surface area contributed by atoms with E-state index in [9.17, 15) is 0 Å². The number of hydrogen-bond acceptors (Lipinski definition) is 4. The van der Waals surface area contributed by atoms with Crippen molar-refractivity contribution >= 4 is 43.5 Å². The van der Waals surface area contributed by atoms with Crippen LogP contribution in [-0.4, -0.2) is 15.0 Å². The van der Waals surface area contributed by atoms with Gasteiger partial charge in [0.2, 0.25) is 0 Å². The molecule has 0 N–H and O–H groups in total. The molecule has 0 saturated heterocycles. The summed E-state index contributed by atoms with van der Waals surface area (Å²) in [6, 6.07) is 70.0. The second kappa shape index (κ2) is 13.6. The third-order valence-electron chi connectivity index (χ3n) is 10.9. The van der Waals surface area contributed by atoms with E-state index in [4.69, 9.17) is 19.4 Å². The van der Waals surface area contributed by atoms with Crippen LogP contribution in [0.15, 0.2) is 205 Å². The monoisotopic (exact) mass is 727 g/mol. The zero-order chi connectivity index (χ0) is 37.7. The van der Waals surface area contributed by atoms with Gasteiger partial charge < -0.3 is 4.42 Å². The van der Waals surface area contributed by atoms with E-state index in [1.165, 1.54) is 21.9 Å². The fourth-order valence-electron chi connectivity index (χ4n) is 8.04. The lowest BCUT2D eigenvalue weighted by molar-refractivity contribution is 0.669. The molecule has 9 aromatic carbocycles. The first-order chi connectivity index (χ1) is 28.2. The minimum absolute atomic E-state index is 0.585. The van der Waals surface area contributed by atoms with E-state index in [0.717, 1.165) is 71.7 Å². The Morgan fingerprint density at radius 2 is 0.842 bits per heavy atom. The van der Waals surface area contributed by atoms with Gasteiger partial charge in [-0.05, 0) is 85.3 Å². The molecule has 4 heteroatoms. The number of benzene rings is 9. The summed E-state index contributed by atoms with van der Waals surface area (Å²) >= 11 is 0. The Hall–Kier alpha value is -7.69. The predicted octanol–water partition coefficient (Wildman–Crippen LogP) is 14.1. The quantitative estimate of drug-likeness (QED) is 0.171. The molecule has 2 heterocycles. The molecule has 0 saturated carbocycles. The number of rotatable bonds is 6. The van der Waals surface area contributed by atoms with Crippen molar-refractivity contribution in [3.8, 4) is 67.5 Å². The first-order valence-electron chi connectivity index (χ1n) is 19.2. The minimum Gasteiger partial charge on any atom is -0.456 e. The first-order valence-corrected chi connectivity index (χ1v) is 19.2. The summed E-state index contributed by atoms with van der Waals surface area (Å²) in [7, 11) is 0. The fourth-order valence-corrected chi connectivity index (χ4v) is 8.04. The molecule has 11 aromatic rings. The van der Waals surface area contributed by atoms with Gasteiger partial charge in [-0.15, -0.1) is 0 Å². The number of furan rings is 1. The molecule has 0 bridgehead atoms. The molecule has 0 aliphatic heterocycles. The van der Waals surface area contributed by atoms with Crippen LogP contribution < -0.4 is 0 Å². The average Bonchev–Trinajstić information content (AvgIpc) is 3.67. The topological polar surface area (TPSA) is 51.8 Å². The van der Waals surface area contributed by atoms with Gasteiger partial charge in [0.05, 0.1) is 0 Å². The van der Waals surface area contributed by atoms with E-state index in [1.807, 2.05) is 42.5 Å². The van der Waals surface area contributed by atoms with Crippen LogP contribution in [0.25, 0.3) is 111 Å². The summed E-state index contributed by atoms with van der Waals surface area (Å²) < 4.78 is 6.58. The fraction of sp³-hybridized carbons (Fsp3) is 0. The van der Waals surface area contributed by atoms with Crippen LogP contribution in [0.2, 0.25) is 0 Å². The smallest absolute Gasteiger partial charge is 0.164 e. The van der Waals surface area contributed by atoms with E-state index >= 15 is 0 Å². The van der Waals surface area contributed by atoms with Gasteiger partial charge in [-0.1, -0.05) is 170 Å². The molecular weight excluding hydrogens is 695 g/mol. The van der Waals surface area contributed by atoms with E-state index in [-0.39, 0.29) is 0 Å². The summed E-state index contributed by atoms with van der Waals surface area (Å²) in [6.45, 7) is 0. The minimum atomic E-state index is 0.585. The van der Waals surface area contributed by atoms with Crippen molar-refractivity contribution < 1.29 is 4.42 Å². The third-order valence-corrected chi connectivity index (χ3v) is 10.9. The van der Waals surface area contributed by atoms with Gasteiger partial charge >= 0.3 is 0 Å². The normalized spacial score (nSPS) is 11.5. The number of fused-ring (bicyclic) bond motifs is 5. The van der Waals surface area contributed by atoms with Gasteiger partial charge in [0.15, 0.2) is 17.5 Å². The van der Waals surface area contributed by atoms with Crippen molar-refractivity contribution in [2.75, 3.05) is 0 Å². The summed E-state index contributed by atoms with van der Waals surface area (Å²) in [6.07, 6.45) is 0. The maximum absolute atomic E-state index is 6.58. The maximum Gasteiger partial charge on any atom is 0.164 e. The molecule has 0 spiro atoms. The van der Waals surface area contributed by atoms with Crippen LogP contribution >= 0.6 is 0 Å². The van der Waals surface area contributed by atoms with Gasteiger partial charge in [-0.25, -0.2) is 15.0 Å². The molecule has 0 amide bonds. The Balaban J connectivity index is 1.01. The lowest BCUT2D eigenvalue weighted by atomic mass is 9.96. The Morgan fingerprint density at radius 1 is 0.281 bits per heavy atom. The second-order valence-corrected chi connectivity index (χ2v) is 14.4. The van der Waals surface area contributed by atoms with Gasteiger partial charge in [-0.3, -0.25) is 0 Å². The zero-order valence-corrected chi connectivity index (χ0v) is 30.8. The van der Waals surface area contributed by atoms with E-state index in [0.29, 0.717) is 17.5 Å². The molecule has 57 heavy (non-hydrogen) atoms. The molecule has 4 nitrogen and oxygen atoms in total. The predicted molar refractivity (Wildman–Crippen MR) is 235 cm³/mol. The highest BCUT2D eigenvalue weighted by atomic mass is 16.3. The van der Waals surface area contributed by atoms with Crippen molar-refractivity contribution in [3.05, 3.63) is 200 Å². The van der Waals surface area contributed by atoms with Crippen molar-refractivity contribution in [1.29, 1.82) is 0 Å². The number of hydrogen-bond donors (Lipinski definition) is 0. The van der Waals surface area contributed by atoms with Crippen LogP contribution in [-0.2, 0) is 0 Å². The SMILES string of the molecule is c1ccc(-c2ccc3cccc(-c4nc(-c5ccccc5)nc(-c5ccc6c(c5)oc5cccc(-c7ccc(-c8ccc9ccccc9c8)cc7)c56)n4)c3c2)cc1. The molecule has 0 fully saturated rings. The maximum atomic E-state index is 6.58. The molecule has 2 aromatic heterocycles. The molecule has 266 valence electrons. The number of nitrogens with zero attached hydrogens (tertiary/aromatic N) is 3. The third kappa shape index (κ3) is 5.92. The second-order valence-electron chi connectivity index (χ2n) is 14.4. The van der Waals surface area contributed by atoms with Crippen molar-refractivity contribution in [3.63, 3.8) is 0 Å². The molecule has 11 rings (SSSR count). The lowest BCUT2D eigenvalue weighted by Gasteiger charge is -2.11. The average molecular weight is 728 g/mol. The van der Waals surface area contributed by atoms with Crippen molar-refractivity contribution in [1.82, 2.24) is 15.0 Å². The Bertz CT molecular complexity index is 3280. The standard InChI is InChI=1S/C53H33N3O/c1-3-11-34(12-4-1)42-28-26-37-17-9-19-45(47(37)32-42)53-55-51(39-14-5-2-6-15-39)54-52(56-53)43-29-30-46-49(33-43)57-48-20-10-18-44(50(46)48)38-24-21-36(22-25-38)41-27-23-35-13-7-8-16-40(35)31-41/h1-33H. The molecule has 0 aliphatic rings. The summed E-state index contributed by atoms with van der Waals surface area (Å²) in [4.78, 5) is 15.3. The highest BCUT2D eigenvalue weighted by molar-refractivity contribution is 6.13. The van der Waals surface area contributed by atoms with Crippen LogP contribution in [0.5, 0.6) is 0 Å². The van der Waals surface area contributed by atoms with Crippen LogP contribution in [0.4, 0.5) is 0 Å². The largest absolute Gasteiger partial charge is 0.456 e. The lowest BCUT2D eigenvalue weighted by Crippen LogP contribution is -2.00. The Labute approximate surface area is 329 Å².